The fourth-order valence-electron chi connectivity index (χ4n) is 2.78. The molecule has 1 aliphatic rings. The summed E-state index contributed by atoms with van der Waals surface area (Å²) in [5.74, 6) is -1.71. The number of rotatable bonds is 6. The van der Waals surface area contributed by atoms with Gasteiger partial charge in [-0.1, -0.05) is 23.7 Å². The van der Waals surface area contributed by atoms with E-state index in [1.54, 1.807) is 24.3 Å². The molecule has 28 heavy (non-hydrogen) atoms. The standard InChI is InChI=1S/C18H14ClF2N3O3S/c19-16-4-2-1-3-15(16)18-23-22-17(27-18)10-24(13-5-6-13)28(25,26)14-8-11(20)7-12(21)9-14/h1-4,7-9,13H,5-6,10H2. The van der Waals surface area contributed by atoms with Gasteiger partial charge in [-0.15, -0.1) is 10.2 Å². The third-order valence-electron chi connectivity index (χ3n) is 4.26. The lowest BCUT2D eigenvalue weighted by atomic mass is 10.2. The summed E-state index contributed by atoms with van der Waals surface area (Å²) in [5, 5.41) is 8.23. The van der Waals surface area contributed by atoms with Gasteiger partial charge in [0.2, 0.25) is 21.8 Å². The van der Waals surface area contributed by atoms with E-state index < -0.39 is 26.6 Å². The summed E-state index contributed by atoms with van der Waals surface area (Å²) in [5.41, 5.74) is 0.524. The van der Waals surface area contributed by atoms with Gasteiger partial charge in [0.1, 0.15) is 11.6 Å². The minimum Gasteiger partial charge on any atom is -0.419 e. The molecular weight excluding hydrogens is 412 g/mol. The first-order chi connectivity index (χ1) is 13.3. The van der Waals surface area contributed by atoms with Crippen LogP contribution in [0.15, 0.2) is 51.8 Å². The van der Waals surface area contributed by atoms with Gasteiger partial charge in [0, 0.05) is 12.1 Å². The van der Waals surface area contributed by atoms with Gasteiger partial charge in [-0.3, -0.25) is 0 Å². The number of aromatic nitrogens is 2. The molecule has 0 amide bonds. The van der Waals surface area contributed by atoms with Crippen molar-refractivity contribution in [3.63, 3.8) is 0 Å². The smallest absolute Gasteiger partial charge is 0.249 e. The first-order valence-electron chi connectivity index (χ1n) is 8.40. The molecule has 1 aliphatic carbocycles. The molecule has 1 heterocycles. The first kappa shape index (κ1) is 19.0. The van der Waals surface area contributed by atoms with Crippen molar-refractivity contribution in [2.75, 3.05) is 0 Å². The van der Waals surface area contributed by atoms with E-state index >= 15 is 0 Å². The van der Waals surface area contributed by atoms with Crippen molar-refractivity contribution in [3.05, 3.63) is 65.0 Å². The highest BCUT2D eigenvalue weighted by atomic mass is 35.5. The summed E-state index contributed by atoms with van der Waals surface area (Å²) >= 11 is 6.11. The lowest BCUT2D eigenvalue weighted by Crippen LogP contribution is -2.33. The lowest BCUT2D eigenvalue weighted by molar-refractivity contribution is 0.350. The molecule has 2 aromatic carbocycles. The van der Waals surface area contributed by atoms with Crippen molar-refractivity contribution in [2.24, 2.45) is 0 Å². The molecule has 0 bridgehead atoms. The molecule has 6 nitrogen and oxygen atoms in total. The van der Waals surface area contributed by atoms with Crippen LogP contribution in [-0.2, 0) is 16.6 Å². The zero-order valence-electron chi connectivity index (χ0n) is 14.3. The molecule has 4 rings (SSSR count). The highest BCUT2D eigenvalue weighted by Gasteiger charge is 2.39. The summed E-state index contributed by atoms with van der Waals surface area (Å²) in [6.07, 6.45) is 1.28. The van der Waals surface area contributed by atoms with Crippen molar-refractivity contribution in [3.8, 4) is 11.5 Å². The summed E-state index contributed by atoms with van der Waals surface area (Å²) in [6.45, 7) is -0.206. The fourth-order valence-corrected chi connectivity index (χ4v) is 4.67. The normalized spacial score (nSPS) is 14.6. The van der Waals surface area contributed by atoms with Gasteiger partial charge < -0.3 is 4.42 Å². The molecule has 0 unspecified atom stereocenters. The van der Waals surface area contributed by atoms with Gasteiger partial charge >= 0.3 is 0 Å². The molecule has 0 N–H and O–H groups in total. The molecule has 0 spiro atoms. The number of halogens is 3. The van der Waals surface area contributed by atoms with E-state index in [-0.39, 0.29) is 24.4 Å². The Labute approximate surface area is 164 Å². The van der Waals surface area contributed by atoms with E-state index in [0.717, 1.165) is 16.4 Å². The zero-order chi connectivity index (χ0) is 19.9. The second kappa shape index (κ2) is 7.23. The topological polar surface area (TPSA) is 76.3 Å². The maximum absolute atomic E-state index is 13.5. The molecule has 10 heteroatoms. The minimum absolute atomic E-state index is 0.0577. The van der Waals surface area contributed by atoms with E-state index in [4.69, 9.17) is 16.0 Å². The predicted molar refractivity (Wildman–Crippen MR) is 96.9 cm³/mol. The van der Waals surface area contributed by atoms with Gasteiger partial charge in [-0.25, -0.2) is 17.2 Å². The van der Waals surface area contributed by atoms with Crippen LogP contribution < -0.4 is 0 Å². The monoisotopic (exact) mass is 425 g/mol. The Morgan fingerprint density at radius 2 is 1.79 bits per heavy atom. The molecular formula is C18H14ClF2N3O3S. The van der Waals surface area contributed by atoms with Gasteiger partial charge in [-0.2, -0.15) is 4.31 Å². The fraction of sp³-hybridized carbons (Fsp3) is 0.222. The van der Waals surface area contributed by atoms with Crippen LogP contribution >= 0.6 is 11.6 Å². The second-order valence-electron chi connectivity index (χ2n) is 6.37. The quantitative estimate of drug-likeness (QED) is 0.596. The van der Waals surface area contributed by atoms with Gasteiger partial charge in [0.25, 0.3) is 0 Å². The van der Waals surface area contributed by atoms with Gasteiger partial charge in [-0.05, 0) is 37.1 Å². The van der Waals surface area contributed by atoms with Crippen LogP contribution in [0, 0.1) is 11.6 Å². The van der Waals surface area contributed by atoms with E-state index in [1.165, 1.54) is 0 Å². The number of sulfonamides is 1. The van der Waals surface area contributed by atoms with Crippen LogP contribution in [0.25, 0.3) is 11.5 Å². The SMILES string of the molecule is O=S(=O)(c1cc(F)cc(F)c1)N(Cc1nnc(-c2ccccc2Cl)o1)C1CC1. The highest BCUT2D eigenvalue weighted by molar-refractivity contribution is 7.89. The molecule has 0 atom stereocenters. The largest absolute Gasteiger partial charge is 0.419 e. The minimum atomic E-state index is -4.15. The van der Waals surface area contributed by atoms with Crippen molar-refractivity contribution in [1.29, 1.82) is 0 Å². The van der Waals surface area contributed by atoms with Crippen molar-refractivity contribution in [1.82, 2.24) is 14.5 Å². The maximum Gasteiger partial charge on any atom is 0.249 e. The van der Waals surface area contributed by atoms with Gasteiger partial charge in [0.05, 0.1) is 22.0 Å². The molecule has 0 saturated heterocycles. The van der Waals surface area contributed by atoms with E-state index in [2.05, 4.69) is 10.2 Å². The first-order valence-corrected chi connectivity index (χ1v) is 10.2. The molecule has 0 aliphatic heterocycles. The Hall–Kier alpha value is -2.36. The number of hydrogen-bond acceptors (Lipinski definition) is 5. The predicted octanol–water partition coefficient (Wildman–Crippen LogP) is 4.02. The van der Waals surface area contributed by atoms with Crippen molar-refractivity contribution < 1.29 is 21.6 Å². The maximum atomic E-state index is 13.5. The number of benzene rings is 2. The van der Waals surface area contributed by atoms with E-state index in [1.807, 2.05) is 0 Å². The summed E-state index contributed by atoms with van der Waals surface area (Å²) in [6, 6.07) is 8.78. The summed E-state index contributed by atoms with van der Waals surface area (Å²) in [7, 11) is -4.15. The van der Waals surface area contributed by atoms with Crippen LogP contribution in [-0.4, -0.2) is 29.0 Å². The molecule has 1 aromatic heterocycles. The molecule has 3 aromatic rings. The average molecular weight is 426 g/mol. The van der Waals surface area contributed by atoms with Crippen LogP contribution in [0.1, 0.15) is 18.7 Å². The van der Waals surface area contributed by atoms with Crippen molar-refractivity contribution in [2.45, 2.75) is 30.3 Å². The Kier molecular flexibility index (Phi) is 4.90. The van der Waals surface area contributed by atoms with Gasteiger partial charge in [0.15, 0.2) is 0 Å². The summed E-state index contributed by atoms with van der Waals surface area (Å²) in [4.78, 5) is -0.456. The van der Waals surface area contributed by atoms with Crippen LogP contribution in [0.3, 0.4) is 0 Å². The van der Waals surface area contributed by atoms with E-state index in [0.29, 0.717) is 29.5 Å². The third kappa shape index (κ3) is 3.78. The molecule has 0 radical (unpaired) electrons. The zero-order valence-corrected chi connectivity index (χ0v) is 15.9. The Morgan fingerprint density at radius 3 is 2.43 bits per heavy atom. The van der Waals surface area contributed by atoms with Crippen molar-refractivity contribution >= 4 is 21.6 Å². The molecule has 1 saturated carbocycles. The Bertz CT molecular complexity index is 1110. The Balaban J connectivity index is 1.64. The number of nitrogens with zero attached hydrogens (tertiary/aromatic N) is 3. The van der Waals surface area contributed by atoms with Crippen LogP contribution in [0.5, 0.6) is 0 Å². The summed E-state index contributed by atoms with van der Waals surface area (Å²) < 4.78 is 59.6. The third-order valence-corrected chi connectivity index (χ3v) is 6.46. The van der Waals surface area contributed by atoms with Crippen LogP contribution in [0.2, 0.25) is 5.02 Å². The van der Waals surface area contributed by atoms with E-state index in [9.17, 15) is 17.2 Å². The average Bonchev–Trinajstić information content (AvgIpc) is 3.37. The molecule has 1 fully saturated rings. The molecule has 146 valence electrons. The highest BCUT2D eigenvalue weighted by Crippen LogP contribution is 2.34. The Morgan fingerprint density at radius 1 is 1.11 bits per heavy atom. The number of hydrogen-bond donors (Lipinski definition) is 0. The lowest BCUT2D eigenvalue weighted by Gasteiger charge is -2.20. The second-order valence-corrected chi connectivity index (χ2v) is 8.67. The van der Waals surface area contributed by atoms with Crippen LogP contribution in [0.4, 0.5) is 8.78 Å².